The number of halogens is 2. The summed E-state index contributed by atoms with van der Waals surface area (Å²) in [6, 6.07) is 6.81. The van der Waals surface area contributed by atoms with Crippen LogP contribution in [-0.4, -0.2) is 5.11 Å². The molecule has 0 spiro atoms. The molecule has 0 fully saturated rings. The smallest absolute Gasteiger partial charge is 0.131 e. The second kappa shape index (κ2) is 5.49. The zero-order chi connectivity index (χ0) is 14.9. The molecule has 2 N–H and O–H groups in total. The van der Waals surface area contributed by atoms with Crippen LogP contribution in [0.5, 0.6) is 5.75 Å². The van der Waals surface area contributed by atoms with Crippen LogP contribution in [0.2, 0.25) is 0 Å². The van der Waals surface area contributed by atoms with Crippen LogP contribution in [0.4, 0.5) is 14.5 Å². The molecular weight excluding hydrogens is 260 g/mol. The van der Waals surface area contributed by atoms with Crippen molar-refractivity contribution in [3.8, 4) is 5.75 Å². The van der Waals surface area contributed by atoms with Crippen molar-refractivity contribution in [3.63, 3.8) is 0 Å². The normalized spacial score (nSPS) is 12.2. The highest BCUT2D eigenvalue weighted by Crippen LogP contribution is 2.31. The fourth-order valence-corrected chi connectivity index (χ4v) is 2.22. The van der Waals surface area contributed by atoms with Crippen LogP contribution < -0.4 is 5.32 Å². The predicted octanol–water partition coefficient (Wildman–Crippen LogP) is 4.46. The minimum absolute atomic E-state index is 0.00744. The van der Waals surface area contributed by atoms with Crippen LogP contribution in [0, 0.1) is 25.5 Å². The van der Waals surface area contributed by atoms with E-state index >= 15 is 0 Å². The van der Waals surface area contributed by atoms with Gasteiger partial charge in [0.1, 0.15) is 17.4 Å². The van der Waals surface area contributed by atoms with Crippen LogP contribution in [0.3, 0.4) is 0 Å². The molecule has 1 unspecified atom stereocenters. The van der Waals surface area contributed by atoms with Crippen molar-refractivity contribution in [3.05, 3.63) is 58.7 Å². The topological polar surface area (TPSA) is 32.3 Å². The van der Waals surface area contributed by atoms with Gasteiger partial charge in [-0.15, -0.1) is 0 Å². The fourth-order valence-electron chi connectivity index (χ4n) is 2.22. The van der Waals surface area contributed by atoms with E-state index in [0.717, 1.165) is 5.56 Å². The molecule has 1 atom stereocenters. The number of benzene rings is 2. The van der Waals surface area contributed by atoms with Crippen molar-refractivity contribution < 1.29 is 13.9 Å². The van der Waals surface area contributed by atoms with Gasteiger partial charge in [0.25, 0.3) is 0 Å². The SMILES string of the molecule is Cc1ccc(NC(C)c2c(F)cccc2F)c(C)c1O. The highest BCUT2D eigenvalue weighted by molar-refractivity contribution is 5.59. The number of phenolic OH excluding ortho intramolecular Hbond substituents is 1. The van der Waals surface area contributed by atoms with Crippen molar-refractivity contribution in [1.82, 2.24) is 0 Å². The Balaban J connectivity index is 2.33. The van der Waals surface area contributed by atoms with E-state index in [1.54, 1.807) is 32.9 Å². The third-order valence-electron chi connectivity index (χ3n) is 3.44. The molecule has 2 rings (SSSR count). The number of phenols is 1. The molecular formula is C16H17F2NO. The van der Waals surface area contributed by atoms with Gasteiger partial charge in [-0.25, -0.2) is 8.78 Å². The zero-order valence-corrected chi connectivity index (χ0v) is 11.7. The van der Waals surface area contributed by atoms with E-state index in [9.17, 15) is 13.9 Å². The van der Waals surface area contributed by atoms with E-state index in [0.29, 0.717) is 11.3 Å². The first kappa shape index (κ1) is 14.3. The first-order chi connectivity index (χ1) is 9.41. The van der Waals surface area contributed by atoms with Crippen molar-refractivity contribution in [1.29, 1.82) is 0 Å². The van der Waals surface area contributed by atoms with E-state index in [4.69, 9.17) is 0 Å². The Labute approximate surface area is 117 Å². The molecule has 0 aliphatic heterocycles. The Bertz CT molecular complexity index is 620. The van der Waals surface area contributed by atoms with Crippen molar-refractivity contribution in [2.75, 3.05) is 5.32 Å². The summed E-state index contributed by atoms with van der Waals surface area (Å²) in [5, 5.41) is 12.9. The molecule has 0 amide bonds. The van der Waals surface area contributed by atoms with Gasteiger partial charge in [-0.2, -0.15) is 0 Å². The van der Waals surface area contributed by atoms with Gasteiger partial charge in [0, 0.05) is 16.8 Å². The Kier molecular flexibility index (Phi) is 3.93. The third kappa shape index (κ3) is 2.59. The molecule has 0 aliphatic carbocycles. The maximum Gasteiger partial charge on any atom is 0.131 e. The largest absolute Gasteiger partial charge is 0.507 e. The van der Waals surface area contributed by atoms with E-state index in [1.165, 1.54) is 18.2 Å². The average molecular weight is 277 g/mol. The Morgan fingerprint density at radius 1 is 1.05 bits per heavy atom. The van der Waals surface area contributed by atoms with Crippen LogP contribution >= 0.6 is 0 Å². The summed E-state index contributed by atoms with van der Waals surface area (Å²) < 4.78 is 27.4. The van der Waals surface area contributed by atoms with Crippen molar-refractivity contribution in [2.24, 2.45) is 0 Å². The molecule has 2 aromatic rings. The maximum absolute atomic E-state index is 13.7. The summed E-state index contributed by atoms with van der Waals surface area (Å²) in [6.07, 6.45) is 0. The lowest BCUT2D eigenvalue weighted by Crippen LogP contribution is -2.11. The number of rotatable bonds is 3. The second-order valence-corrected chi connectivity index (χ2v) is 4.90. The van der Waals surface area contributed by atoms with Crippen LogP contribution in [0.1, 0.15) is 29.7 Å². The minimum atomic E-state index is -0.584. The first-order valence-corrected chi connectivity index (χ1v) is 6.41. The Hall–Kier alpha value is -2.10. The fraction of sp³-hybridized carbons (Fsp3) is 0.250. The maximum atomic E-state index is 13.7. The summed E-state index contributed by atoms with van der Waals surface area (Å²) in [7, 11) is 0. The number of hydrogen-bond acceptors (Lipinski definition) is 2. The molecule has 2 nitrogen and oxygen atoms in total. The van der Waals surface area contributed by atoms with Gasteiger partial charge in [0.15, 0.2) is 0 Å². The highest BCUT2D eigenvalue weighted by atomic mass is 19.1. The number of nitrogens with one attached hydrogen (secondary N) is 1. The monoisotopic (exact) mass is 277 g/mol. The molecule has 2 aromatic carbocycles. The van der Waals surface area contributed by atoms with Gasteiger partial charge >= 0.3 is 0 Å². The quantitative estimate of drug-likeness (QED) is 0.868. The third-order valence-corrected chi connectivity index (χ3v) is 3.44. The minimum Gasteiger partial charge on any atom is -0.507 e. The zero-order valence-electron chi connectivity index (χ0n) is 11.7. The van der Waals surface area contributed by atoms with Crippen molar-refractivity contribution >= 4 is 5.69 Å². The highest BCUT2D eigenvalue weighted by Gasteiger charge is 2.17. The standard InChI is InChI=1S/C16H17F2NO/c1-9-7-8-14(10(2)16(9)20)19-11(3)15-12(17)5-4-6-13(15)18/h4-8,11,19-20H,1-3H3. The van der Waals surface area contributed by atoms with E-state index < -0.39 is 17.7 Å². The lowest BCUT2D eigenvalue weighted by molar-refractivity contribution is 0.467. The van der Waals surface area contributed by atoms with E-state index in [1.807, 2.05) is 0 Å². The molecule has 4 heteroatoms. The van der Waals surface area contributed by atoms with E-state index in [2.05, 4.69) is 5.32 Å². The van der Waals surface area contributed by atoms with E-state index in [-0.39, 0.29) is 11.3 Å². The Morgan fingerprint density at radius 3 is 2.25 bits per heavy atom. The number of hydrogen-bond donors (Lipinski definition) is 2. The summed E-state index contributed by atoms with van der Waals surface area (Å²) in [4.78, 5) is 0. The van der Waals surface area contributed by atoms with Gasteiger partial charge in [0.2, 0.25) is 0 Å². The number of anilines is 1. The second-order valence-electron chi connectivity index (χ2n) is 4.90. The lowest BCUT2D eigenvalue weighted by atomic mass is 10.0. The molecule has 0 saturated heterocycles. The molecule has 0 bridgehead atoms. The summed E-state index contributed by atoms with van der Waals surface area (Å²) >= 11 is 0. The van der Waals surface area contributed by atoms with Gasteiger partial charge in [-0.05, 0) is 44.5 Å². The van der Waals surface area contributed by atoms with Crippen LogP contribution in [0.25, 0.3) is 0 Å². The predicted molar refractivity (Wildman–Crippen MR) is 76.0 cm³/mol. The summed E-state index contributed by atoms with van der Waals surface area (Å²) in [6.45, 7) is 5.24. The van der Waals surface area contributed by atoms with Crippen LogP contribution in [-0.2, 0) is 0 Å². The van der Waals surface area contributed by atoms with Gasteiger partial charge in [0.05, 0.1) is 6.04 Å². The van der Waals surface area contributed by atoms with Gasteiger partial charge in [-0.3, -0.25) is 0 Å². The van der Waals surface area contributed by atoms with Crippen molar-refractivity contribution in [2.45, 2.75) is 26.8 Å². The number of aromatic hydroxyl groups is 1. The molecule has 0 radical (unpaired) electrons. The first-order valence-electron chi connectivity index (χ1n) is 6.41. The van der Waals surface area contributed by atoms with Crippen LogP contribution in [0.15, 0.2) is 30.3 Å². The molecule has 0 aliphatic rings. The summed E-state index contributed by atoms with van der Waals surface area (Å²) in [5.41, 5.74) is 2.07. The Morgan fingerprint density at radius 2 is 1.65 bits per heavy atom. The van der Waals surface area contributed by atoms with Gasteiger partial charge in [-0.1, -0.05) is 12.1 Å². The molecule has 106 valence electrons. The molecule has 20 heavy (non-hydrogen) atoms. The summed E-state index contributed by atoms with van der Waals surface area (Å²) in [5.74, 6) is -0.978. The molecule has 0 saturated carbocycles. The molecule has 0 aromatic heterocycles. The van der Waals surface area contributed by atoms with Gasteiger partial charge < -0.3 is 10.4 Å². The number of aryl methyl sites for hydroxylation is 1. The lowest BCUT2D eigenvalue weighted by Gasteiger charge is -2.19. The molecule has 0 heterocycles. The average Bonchev–Trinajstić information content (AvgIpc) is 2.39.